The second kappa shape index (κ2) is 5.92. The smallest absolute Gasteiger partial charge is 0.242 e. The van der Waals surface area contributed by atoms with Gasteiger partial charge in [0.2, 0.25) is 10.0 Å². The number of rotatable bonds is 5. The van der Waals surface area contributed by atoms with Gasteiger partial charge in [0.15, 0.2) is 0 Å². The minimum Gasteiger partial charge on any atom is -0.381 e. The molecule has 0 heterocycles. The molecule has 0 bridgehead atoms. The molecule has 1 aliphatic carbocycles. The largest absolute Gasteiger partial charge is 0.381 e. The molecule has 1 saturated carbocycles. The first-order chi connectivity index (χ1) is 9.06. The molecule has 19 heavy (non-hydrogen) atoms. The van der Waals surface area contributed by atoms with E-state index in [4.69, 9.17) is 0 Å². The van der Waals surface area contributed by atoms with Gasteiger partial charge >= 0.3 is 0 Å². The Morgan fingerprint density at radius 3 is 2.63 bits per heavy atom. The van der Waals surface area contributed by atoms with Crippen molar-refractivity contribution >= 4 is 15.7 Å². The summed E-state index contributed by atoms with van der Waals surface area (Å²) in [7, 11) is -1.96. The van der Waals surface area contributed by atoms with E-state index in [1.165, 1.54) is 19.9 Å². The van der Waals surface area contributed by atoms with Crippen molar-refractivity contribution in [3.63, 3.8) is 0 Å². The summed E-state index contributed by atoms with van der Waals surface area (Å²) in [4.78, 5) is 0.331. The number of hydrogen-bond donors (Lipinski definition) is 2. The van der Waals surface area contributed by atoms with Crippen LogP contribution in [0.25, 0.3) is 0 Å². The average molecular weight is 282 g/mol. The Balaban J connectivity index is 2.18. The summed E-state index contributed by atoms with van der Waals surface area (Å²) in [5, 5.41) is 3.40. The van der Waals surface area contributed by atoms with Crippen LogP contribution in [0.5, 0.6) is 0 Å². The Morgan fingerprint density at radius 1 is 1.26 bits per heavy atom. The van der Waals surface area contributed by atoms with Crippen molar-refractivity contribution in [3.8, 4) is 0 Å². The summed E-state index contributed by atoms with van der Waals surface area (Å²) in [6, 6.07) is 7.48. The molecule has 4 nitrogen and oxygen atoms in total. The highest BCUT2D eigenvalue weighted by atomic mass is 32.2. The molecule has 0 spiro atoms. The summed E-state index contributed by atoms with van der Waals surface area (Å²) >= 11 is 0. The first-order valence-corrected chi connectivity index (χ1v) is 8.34. The zero-order valence-electron chi connectivity index (χ0n) is 11.5. The van der Waals surface area contributed by atoms with E-state index in [1.807, 2.05) is 12.1 Å². The topological polar surface area (TPSA) is 58.2 Å². The van der Waals surface area contributed by atoms with Gasteiger partial charge in [0.05, 0.1) is 5.69 Å². The molecule has 0 radical (unpaired) electrons. The number of anilines is 1. The van der Waals surface area contributed by atoms with Crippen LogP contribution in [0.4, 0.5) is 5.69 Å². The Morgan fingerprint density at radius 2 is 2.00 bits per heavy atom. The molecule has 1 aromatic carbocycles. The zero-order valence-corrected chi connectivity index (χ0v) is 12.3. The summed E-state index contributed by atoms with van der Waals surface area (Å²) < 4.78 is 26.3. The van der Waals surface area contributed by atoms with Gasteiger partial charge in [0, 0.05) is 6.04 Å². The monoisotopic (exact) mass is 282 g/mol. The average Bonchev–Trinajstić information content (AvgIpc) is 2.87. The molecule has 0 aliphatic heterocycles. The molecule has 0 saturated heterocycles. The number of benzene rings is 1. The second-order valence-electron chi connectivity index (χ2n) is 5.13. The lowest BCUT2D eigenvalue weighted by Gasteiger charge is -2.17. The third kappa shape index (κ3) is 3.28. The molecule has 0 aromatic heterocycles. The molecule has 1 aromatic rings. The van der Waals surface area contributed by atoms with Gasteiger partial charge in [-0.2, -0.15) is 0 Å². The SMILES string of the molecule is CCC1CCC(Nc2ccccc2S(=O)(=O)NC)C1. The summed E-state index contributed by atoms with van der Waals surface area (Å²) in [5.41, 5.74) is 0.707. The Hall–Kier alpha value is -1.07. The van der Waals surface area contributed by atoms with E-state index < -0.39 is 10.0 Å². The van der Waals surface area contributed by atoms with Crippen LogP contribution in [-0.4, -0.2) is 21.5 Å². The van der Waals surface area contributed by atoms with E-state index in [9.17, 15) is 8.42 Å². The molecule has 2 N–H and O–H groups in total. The minimum atomic E-state index is -3.40. The predicted octanol–water partition coefficient (Wildman–Crippen LogP) is 2.59. The molecule has 2 rings (SSSR count). The zero-order chi connectivity index (χ0) is 13.9. The van der Waals surface area contributed by atoms with E-state index in [2.05, 4.69) is 17.0 Å². The van der Waals surface area contributed by atoms with Crippen LogP contribution in [0.2, 0.25) is 0 Å². The van der Waals surface area contributed by atoms with Crippen LogP contribution < -0.4 is 10.0 Å². The number of sulfonamides is 1. The van der Waals surface area contributed by atoms with E-state index in [1.54, 1.807) is 12.1 Å². The summed E-state index contributed by atoms with van der Waals surface area (Å²) in [5.74, 6) is 0.769. The normalized spacial score (nSPS) is 23.5. The fourth-order valence-corrected chi connectivity index (χ4v) is 3.62. The van der Waals surface area contributed by atoms with Crippen LogP contribution in [0, 0.1) is 5.92 Å². The van der Waals surface area contributed by atoms with Gasteiger partial charge in [-0.1, -0.05) is 25.5 Å². The highest BCUT2D eigenvalue weighted by molar-refractivity contribution is 7.89. The first kappa shape index (κ1) is 14.3. The summed E-state index contributed by atoms with van der Waals surface area (Å²) in [6.45, 7) is 2.21. The molecule has 1 aliphatic rings. The van der Waals surface area contributed by atoms with Gasteiger partial charge < -0.3 is 5.32 Å². The van der Waals surface area contributed by atoms with Crippen molar-refractivity contribution in [2.75, 3.05) is 12.4 Å². The lowest BCUT2D eigenvalue weighted by molar-refractivity contribution is 0.524. The number of nitrogens with one attached hydrogen (secondary N) is 2. The molecular weight excluding hydrogens is 260 g/mol. The number of para-hydroxylation sites is 1. The van der Waals surface area contributed by atoms with Gasteiger partial charge in [0.25, 0.3) is 0 Å². The maximum absolute atomic E-state index is 12.0. The Bertz CT molecular complexity index is 528. The Kier molecular flexibility index (Phi) is 4.47. The lowest BCUT2D eigenvalue weighted by Crippen LogP contribution is -2.22. The van der Waals surface area contributed by atoms with E-state index in [0.29, 0.717) is 16.6 Å². The van der Waals surface area contributed by atoms with Crippen molar-refractivity contribution in [1.29, 1.82) is 0 Å². The van der Waals surface area contributed by atoms with Crippen LogP contribution in [0.1, 0.15) is 32.6 Å². The van der Waals surface area contributed by atoms with Gasteiger partial charge in [-0.25, -0.2) is 13.1 Å². The standard InChI is InChI=1S/C14H22N2O2S/c1-3-11-8-9-12(10-11)16-13-6-4-5-7-14(13)19(17,18)15-2/h4-7,11-12,15-16H,3,8-10H2,1-2H3. The van der Waals surface area contributed by atoms with Crippen LogP contribution in [0.15, 0.2) is 29.2 Å². The minimum absolute atomic E-state index is 0.331. The lowest BCUT2D eigenvalue weighted by atomic mass is 10.1. The molecule has 5 heteroatoms. The van der Waals surface area contributed by atoms with Gasteiger partial charge in [-0.05, 0) is 44.4 Å². The molecule has 1 fully saturated rings. The van der Waals surface area contributed by atoms with Crippen molar-refractivity contribution in [2.24, 2.45) is 5.92 Å². The van der Waals surface area contributed by atoms with Crippen LogP contribution >= 0.6 is 0 Å². The van der Waals surface area contributed by atoms with E-state index >= 15 is 0 Å². The first-order valence-electron chi connectivity index (χ1n) is 6.86. The third-order valence-corrected chi connectivity index (χ3v) is 5.40. The van der Waals surface area contributed by atoms with Crippen molar-refractivity contribution < 1.29 is 8.42 Å². The van der Waals surface area contributed by atoms with E-state index in [0.717, 1.165) is 18.8 Å². The number of hydrogen-bond acceptors (Lipinski definition) is 3. The third-order valence-electron chi connectivity index (χ3n) is 3.92. The highest BCUT2D eigenvalue weighted by Crippen LogP contribution is 2.31. The summed E-state index contributed by atoms with van der Waals surface area (Å²) in [6.07, 6.45) is 4.68. The van der Waals surface area contributed by atoms with Crippen LogP contribution in [-0.2, 0) is 10.0 Å². The quantitative estimate of drug-likeness (QED) is 0.872. The predicted molar refractivity (Wildman–Crippen MR) is 77.7 cm³/mol. The molecular formula is C14H22N2O2S. The fraction of sp³-hybridized carbons (Fsp3) is 0.571. The molecule has 2 unspecified atom stereocenters. The van der Waals surface area contributed by atoms with Gasteiger partial charge in [-0.15, -0.1) is 0 Å². The maximum atomic E-state index is 12.0. The maximum Gasteiger partial charge on any atom is 0.242 e. The van der Waals surface area contributed by atoms with Crippen molar-refractivity contribution in [3.05, 3.63) is 24.3 Å². The van der Waals surface area contributed by atoms with Gasteiger partial charge in [-0.3, -0.25) is 0 Å². The molecule has 106 valence electrons. The highest BCUT2D eigenvalue weighted by Gasteiger charge is 2.25. The van der Waals surface area contributed by atoms with Gasteiger partial charge in [0.1, 0.15) is 4.90 Å². The molecule has 0 amide bonds. The van der Waals surface area contributed by atoms with E-state index in [-0.39, 0.29) is 0 Å². The molecule has 2 atom stereocenters. The second-order valence-corrected chi connectivity index (χ2v) is 6.99. The Labute approximate surface area is 115 Å². The fourth-order valence-electron chi connectivity index (χ4n) is 2.73. The van der Waals surface area contributed by atoms with Crippen molar-refractivity contribution in [2.45, 2.75) is 43.5 Å². The van der Waals surface area contributed by atoms with Crippen LogP contribution in [0.3, 0.4) is 0 Å². The van der Waals surface area contributed by atoms with Crippen molar-refractivity contribution in [1.82, 2.24) is 4.72 Å².